The number of hydrogen-bond donors (Lipinski definition) is 2. The molecule has 2 amide bonds. The molecule has 120 valence electrons. The number of aromatic nitrogens is 1. The van der Waals surface area contributed by atoms with E-state index in [-0.39, 0.29) is 5.91 Å². The summed E-state index contributed by atoms with van der Waals surface area (Å²) >= 11 is 1.41. The van der Waals surface area contributed by atoms with Gasteiger partial charge in [0.15, 0.2) is 5.01 Å². The van der Waals surface area contributed by atoms with E-state index in [1.165, 1.54) is 16.2 Å². The Morgan fingerprint density at radius 3 is 2.95 bits per heavy atom. The van der Waals surface area contributed by atoms with E-state index in [4.69, 9.17) is 0 Å². The minimum absolute atomic E-state index is 0.264. The summed E-state index contributed by atoms with van der Waals surface area (Å²) in [6.45, 7) is 2.25. The van der Waals surface area contributed by atoms with E-state index in [1.54, 1.807) is 0 Å². The number of rotatable bonds is 2. The van der Waals surface area contributed by atoms with Gasteiger partial charge >= 0.3 is 6.09 Å². The van der Waals surface area contributed by atoms with Crippen LogP contribution in [-0.4, -0.2) is 58.2 Å². The van der Waals surface area contributed by atoms with Gasteiger partial charge in [0, 0.05) is 30.9 Å². The normalized spacial score (nSPS) is 22.2. The third kappa shape index (κ3) is 3.07. The van der Waals surface area contributed by atoms with Gasteiger partial charge in [0.05, 0.1) is 5.69 Å². The maximum Gasteiger partial charge on any atom is 0.408 e. The number of amides is 2. The van der Waals surface area contributed by atoms with Crippen LogP contribution in [0.5, 0.6) is 0 Å². The van der Waals surface area contributed by atoms with Crippen LogP contribution in [0.1, 0.15) is 39.6 Å². The third-order valence-electron chi connectivity index (χ3n) is 4.16. The van der Waals surface area contributed by atoms with Crippen LogP contribution in [0.15, 0.2) is 0 Å². The Kier molecular flexibility index (Phi) is 4.30. The summed E-state index contributed by atoms with van der Waals surface area (Å²) in [4.78, 5) is 32.7. The summed E-state index contributed by atoms with van der Waals surface area (Å²) in [6, 6.07) is 0. The highest BCUT2D eigenvalue weighted by Crippen LogP contribution is 2.25. The maximum absolute atomic E-state index is 12.4. The topological polar surface area (TPSA) is 85.8 Å². The van der Waals surface area contributed by atoms with Crippen LogP contribution in [0.25, 0.3) is 0 Å². The van der Waals surface area contributed by atoms with Gasteiger partial charge in [-0.05, 0) is 26.3 Å². The second-order valence-electron chi connectivity index (χ2n) is 5.84. The molecule has 2 aliphatic heterocycles. The van der Waals surface area contributed by atoms with Crippen molar-refractivity contribution < 1.29 is 14.7 Å². The fourth-order valence-electron chi connectivity index (χ4n) is 2.94. The monoisotopic (exact) mass is 324 g/mol. The molecule has 1 atom stereocenters. The number of hydrogen-bond acceptors (Lipinski definition) is 5. The van der Waals surface area contributed by atoms with Gasteiger partial charge in [-0.3, -0.25) is 9.69 Å². The molecular weight excluding hydrogens is 304 g/mol. The number of carbonyl (C=O) groups is 2. The van der Waals surface area contributed by atoms with Crippen molar-refractivity contribution in [2.75, 3.05) is 20.1 Å². The smallest absolute Gasteiger partial charge is 0.408 e. The first kappa shape index (κ1) is 15.2. The van der Waals surface area contributed by atoms with Crippen molar-refractivity contribution in [3.8, 4) is 0 Å². The molecule has 7 nitrogen and oxygen atoms in total. The lowest BCUT2D eigenvalue weighted by Crippen LogP contribution is -2.52. The predicted molar refractivity (Wildman–Crippen MR) is 82.0 cm³/mol. The first-order valence-corrected chi connectivity index (χ1v) is 8.34. The Balaban J connectivity index is 1.70. The molecule has 1 unspecified atom stereocenters. The van der Waals surface area contributed by atoms with Gasteiger partial charge in [-0.2, -0.15) is 0 Å². The highest BCUT2D eigenvalue weighted by Gasteiger charge is 2.29. The van der Waals surface area contributed by atoms with Crippen molar-refractivity contribution >= 4 is 23.3 Å². The number of piperidine rings is 1. The molecule has 3 rings (SSSR count). The Bertz CT molecular complexity index is 589. The van der Waals surface area contributed by atoms with E-state index in [1.807, 2.05) is 0 Å². The molecule has 3 heterocycles. The zero-order chi connectivity index (χ0) is 15.7. The molecule has 1 aromatic heterocycles. The fourth-order valence-corrected chi connectivity index (χ4v) is 4.04. The minimum Gasteiger partial charge on any atom is -0.465 e. The van der Waals surface area contributed by atoms with Crippen LogP contribution in [0.3, 0.4) is 0 Å². The number of nitrogens with one attached hydrogen (secondary N) is 1. The fraction of sp³-hybridized carbons (Fsp3) is 0.643. The second-order valence-corrected chi connectivity index (χ2v) is 6.92. The highest BCUT2D eigenvalue weighted by molar-refractivity contribution is 7.13. The number of nitrogens with zero attached hydrogens (tertiary/aromatic N) is 3. The van der Waals surface area contributed by atoms with Gasteiger partial charge in [0.2, 0.25) is 0 Å². The number of thiazole rings is 1. The van der Waals surface area contributed by atoms with Gasteiger partial charge in [0.25, 0.3) is 5.91 Å². The zero-order valence-electron chi connectivity index (χ0n) is 12.5. The molecule has 2 N–H and O–H groups in total. The summed E-state index contributed by atoms with van der Waals surface area (Å²) in [5.74, 6) is -0.264. The van der Waals surface area contributed by atoms with Crippen LogP contribution < -0.4 is 5.32 Å². The summed E-state index contributed by atoms with van der Waals surface area (Å²) in [6.07, 6.45) is 1.86. The minimum atomic E-state index is -0.981. The first-order valence-electron chi connectivity index (χ1n) is 7.52. The number of carbonyl (C=O) groups excluding carboxylic acids is 1. The third-order valence-corrected chi connectivity index (χ3v) is 5.24. The maximum atomic E-state index is 12.4. The van der Waals surface area contributed by atoms with E-state index in [0.717, 1.165) is 42.9 Å². The second kappa shape index (κ2) is 6.21. The van der Waals surface area contributed by atoms with Gasteiger partial charge in [0.1, 0.15) is 6.17 Å². The lowest BCUT2D eigenvalue weighted by atomic mass is 10.1. The molecule has 2 aliphatic rings. The summed E-state index contributed by atoms with van der Waals surface area (Å²) < 4.78 is 0. The summed E-state index contributed by atoms with van der Waals surface area (Å²) in [7, 11) is 2.05. The van der Waals surface area contributed by atoms with E-state index in [0.29, 0.717) is 18.0 Å². The Labute approximate surface area is 132 Å². The molecule has 0 aromatic carbocycles. The molecule has 8 heteroatoms. The summed E-state index contributed by atoms with van der Waals surface area (Å²) in [5.41, 5.74) is 1.01. The van der Waals surface area contributed by atoms with E-state index in [9.17, 15) is 14.7 Å². The number of likely N-dealkylation sites (tertiary alicyclic amines) is 1. The van der Waals surface area contributed by atoms with Crippen LogP contribution >= 0.6 is 11.3 Å². The van der Waals surface area contributed by atoms with Crippen LogP contribution in [0, 0.1) is 0 Å². The number of likely N-dealkylation sites (N-methyl/N-ethyl adjacent to an activating group) is 1. The SMILES string of the molecule is CN1CCc2nc(C(=O)NC3CCCCN3C(=O)O)sc2C1. The molecule has 0 saturated carbocycles. The van der Waals surface area contributed by atoms with Crippen molar-refractivity contribution in [3.63, 3.8) is 0 Å². The molecule has 0 bridgehead atoms. The van der Waals surface area contributed by atoms with Crippen LogP contribution in [-0.2, 0) is 13.0 Å². The molecule has 0 radical (unpaired) electrons. The van der Waals surface area contributed by atoms with Gasteiger partial charge in [-0.1, -0.05) is 0 Å². The molecule has 0 spiro atoms. The molecule has 1 aromatic rings. The van der Waals surface area contributed by atoms with Crippen molar-refractivity contribution in [2.45, 2.75) is 38.4 Å². The number of carboxylic acid groups (broad SMARTS) is 1. The first-order chi connectivity index (χ1) is 10.5. The van der Waals surface area contributed by atoms with Gasteiger partial charge < -0.3 is 15.3 Å². The average molecular weight is 324 g/mol. The van der Waals surface area contributed by atoms with Crippen LogP contribution in [0.4, 0.5) is 4.79 Å². The quantitative estimate of drug-likeness (QED) is 0.858. The van der Waals surface area contributed by atoms with Gasteiger partial charge in [-0.25, -0.2) is 9.78 Å². The Morgan fingerprint density at radius 2 is 2.18 bits per heavy atom. The largest absolute Gasteiger partial charge is 0.465 e. The van der Waals surface area contributed by atoms with E-state index in [2.05, 4.69) is 22.2 Å². The van der Waals surface area contributed by atoms with E-state index >= 15 is 0 Å². The molecular formula is C14H20N4O3S. The molecule has 22 heavy (non-hydrogen) atoms. The van der Waals surface area contributed by atoms with Crippen molar-refractivity contribution in [3.05, 3.63) is 15.6 Å². The lowest BCUT2D eigenvalue weighted by molar-refractivity contribution is 0.0746. The molecule has 0 aliphatic carbocycles. The Hall–Kier alpha value is -1.67. The van der Waals surface area contributed by atoms with Crippen molar-refractivity contribution in [1.82, 2.24) is 20.1 Å². The Morgan fingerprint density at radius 1 is 1.36 bits per heavy atom. The predicted octanol–water partition coefficient (Wildman–Crippen LogP) is 1.35. The van der Waals surface area contributed by atoms with Crippen molar-refractivity contribution in [2.24, 2.45) is 0 Å². The highest BCUT2D eigenvalue weighted by atomic mass is 32.1. The zero-order valence-corrected chi connectivity index (χ0v) is 13.4. The van der Waals surface area contributed by atoms with Crippen molar-refractivity contribution in [1.29, 1.82) is 0 Å². The standard InChI is InChI=1S/C14H20N4O3S/c1-17-7-5-9-10(8-17)22-13(15-9)12(19)16-11-4-2-3-6-18(11)14(20)21/h11H,2-8H2,1H3,(H,16,19)(H,20,21). The van der Waals surface area contributed by atoms with Gasteiger partial charge in [-0.15, -0.1) is 11.3 Å². The number of fused-ring (bicyclic) bond motifs is 1. The molecule has 1 saturated heterocycles. The lowest BCUT2D eigenvalue weighted by Gasteiger charge is -2.33. The van der Waals surface area contributed by atoms with E-state index < -0.39 is 12.3 Å². The molecule has 1 fully saturated rings. The summed E-state index contributed by atoms with van der Waals surface area (Å²) in [5, 5.41) is 12.5. The van der Waals surface area contributed by atoms with Crippen LogP contribution in [0.2, 0.25) is 0 Å². The average Bonchev–Trinajstić information content (AvgIpc) is 2.90.